The fraction of sp³-hybridized carbons (Fsp3) is 0.300. The Hall–Kier alpha value is -1.51. The Bertz CT molecular complexity index is 284. The summed E-state index contributed by atoms with van der Waals surface area (Å²) >= 11 is 0. The van der Waals surface area contributed by atoms with Gasteiger partial charge in [-0.1, -0.05) is 12.1 Å². The number of hydrogen-bond acceptors (Lipinski definition) is 3. The second kappa shape index (κ2) is 5.19. The van der Waals surface area contributed by atoms with Crippen LogP contribution in [0.15, 0.2) is 29.3 Å². The molecular weight excluding hydrogens is 166 g/mol. The van der Waals surface area contributed by atoms with Gasteiger partial charge in [0, 0.05) is 0 Å². The molecule has 0 saturated heterocycles. The average Bonchev–Trinajstić information content (AvgIpc) is 2.19. The Morgan fingerprint density at radius 3 is 2.85 bits per heavy atom. The van der Waals surface area contributed by atoms with Crippen molar-refractivity contribution in [2.45, 2.75) is 6.92 Å². The highest BCUT2D eigenvalue weighted by Gasteiger charge is 1.96. The third kappa shape index (κ3) is 2.78. The van der Waals surface area contributed by atoms with Gasteiger partial charge in [0.1, 0.15) is 11.4 Å². The van der Waals surface area contributed by atoms with Gasteiger partial charge >= 0.3 is 0 Å². The van der Waals surface area contributed by atoms with E-state index in [9.17, 15) is 0 Å². The summed E-state index contributed by atoms with van der Waals surface area (Å²) in [5, 5.41) is 0. The molecule has 3 nitrogen and oxygen atoms in total. The van der Waals surface area contributed by atoms with E-state index in [1.807, 2.05) is 31.2 Å². The predicted octanol–water partition coefficient (Wildman–Crippen LogP) is 2.39. The quantitative estimate of drug-likeness (QED) is 0.525. The first-order chi connectivity index (χ1) is 6.38. The van der Waals surface area contributed by atoms with E-state index in [4.69, 9.17) is 9.47 Å². The van der Waals surface area contributed by atoms with Crippen LogP contribution in [0.25, 0.3) is 0 Å². The summed E-state index contributed by atoms with van der Waals surface area (Å²) in [6.45, 7) is 2.53. The van der Waals surface area contributed by atoms with Gasteiger partial charge in [-0.05, 0) is 19.1 Å². The van der Waals surface area contributed by atoms with Crippen LogP contribution in [0.5, 0.6) is 5.75 Å². The summed E-state index contributed by atoms with van der Waals surface area (Å²) in [6, 6.07) is 7.53. The first-order valence-electron chi connectivity index (χ1n) is 4.15. The maximum atomic E-state index is 5.11. The van der Waals surface area contributed by atoms with E-state index < -0.39 is 0 Å². The number of ether oxygens (including phenoxy) is 2. The van der Waals surface area contributed by atoms with Crippen LogP contribution in [0, 0.1) is 0 Å². The molecule has 0 aliphatic rings. The minimum absolute atomic E-state index is 0.624. The van der Waals surface area contributed by atoms with Crippen LogP contribution in [0.2, 0.25) is 0 Å². The molecule has 0 unspecified atom stereocenters. The van der Waals surface area contributed by atoms with Crippen LogP contribution in [-0.2, 0) is 4.74 Å². The molecule has 0 atom stereocenters. The SMILES string of the molecule is CCOC=Nc1ccccc1OC. The maximum absolute atomic E-state index is 5.11. The predicted molar refractivity (Wildman–Crippen MR) is 52.8 cm³/mol. The Kier molecular flexibility index (Phi) is 3.82. The molecule has 1 aromatic carbocycles. The second-order valence-electron chi connectivity index (χ2n) is 2.36. The molecule has 0 aliphatic heterocycles. The van der Waals surface area contributed by atoms with E-state index in [2.05, 4.69) is 4.99 Å². The molecule has 0 aliphatic carbocycles. The van der Waals surface area contributed by atoms with E-state index in [-0.39, 0.29) is 0 Å². The summed E-state index contributed by atoms with van der Waals surface area (Å²) in [5.41, 5.74) is 0.776. The minimum atomic E-state index is 0.624. The van der Waals surface area contributed by atoms with Gasteiger partial charge in [-0.2, -0.15) is 0 Å². The highest BCUT2D eigenvalue weighted by molar-refractivity contribution is 5.61. The fourth-order valence-electron chi connectivity index (χ4n) is 0.905. The Morgan fingerprint density at radius 1 is 1.38 bits per heavy atom. The van der Waals surface area contributed by atoms with Crippen molar-refractivity contribution >= 4 is 12.1 Å². The van der Waals surface area contributed by atoms with Crippen molar-refractivity contribution in [2.24, 2.45) is 4.99 Å². The minimum Gasteiger partial charge on any atom is -0.494 e. The zero-order valence-electron chi connectivity index (χ0n) is 7.86. The van der Waals surface area contributed by atoms with Gasteiger partial charge < -0.3 is 9.47 Å². The summed E-state index contributed by atoms with van der Waals surface area (Å²) in [6.07, 6.45) is 1.43. The van der Waals surface area contributed by atoms with E-state index in [0.717, 1.165) is 11.4 Å². The number of hydrogen-bond donors (Lipinski definition) is 0. The van der Waals surface area contributed by atoms with Crippen molar-refractivity contribution in [3.05, 3.63) is 24.3 Å². The van der Waals surface area contributed by atoms with Crippen LogP contribution >= 0.6 is 0 Å². The second-order valence-corrected chi connectivity index (χ2v) is 2.36. The maximum Gasteiger partial charge on any atom is 0.174 e. The van der Waals surface area contributed by atoms with E-state index in [0.29, 0.717) is 6.61 Å². The summed E-state index contributed by atoms with van der Waals surface area (Å²) in [4.78, 5) is 4.09. The zero-order chi connectivity index (χ0) is 9.52. The smallest absolute Gasteiger partial charge is 0.174 e. The van der Waals surface area contributed by atoms with Crippen molar-refractivity contribution in [3.8, 4) is 5.75 Å². The molecule has 1 rings (SSSR count). The molecule has 0 amide bonds. The molecular formula is C10H13NO2. The van der Waals surface area contributed by atoms with Crippen LogP contribution < -0.4 is 4.74 Å². The lowest BCUT2D eigenvalue weighted by Crippen LogP contribution is -1.86. The molecule has 0 fully saturated rings. The van der Waals surface area contributed by atoms with Crippen molar-refractivity contribution in [2.75, 3.05) is 13.7 Å². The van der Waals surface area contributed by atoms with E-state index in [1.165, 1.54) is 6.40 Å². The summed E-state index contributed by atoms with van der Waals surface area (Å²) in [7, 11) is 1.62. The third-order valence-electron chi connectivity index (χ3n) is 1.52. The lowest BCUT2D eigenvalue weighted by Gasteiger charge is -2.02. The molecule has 1 aromatic rings. The number of rotatable bonds is 4. The van der Waals surface area contributed by atoms with Crippen LogP contribution in [0.4, 0.5) is 5.69 Å². The molecule has 0 spiro atoms. The van der Waals surface area contributed by atoms with Gasteiger partial charge in [-0.15, -0.1) is 0 Å². The van der Waals surface area contributed by atoms with Crippen molar-refractivity contribution in [1.82, 2.24) is 0 Å². The topological polar surface area (TPSA) is 30.8 Å². The number of benzene rings is 1. The van der Waals surface area contributed by atoms with Gasteiger partial charge in [-0.25, -0.2) is 4.99 Å². The lowest BCUT2D eigenvalue weighted by atomic mass is 10.3. The fourth-order valence-corrected chi connectivity index (χ4v) is 0.905. The molecule has 0 saturated carbocycles. The third-order valence-corrected chi connectivity index (χ3v) is 1.52. The summed E-state index contributed by atoms with van der Waals surface area (Å²) < 4.78 is 10.1. The van der Waals surface area contributed by atoms with Gasteiger partial charge in [0.25, 0.3) is 0 Å². The first-order valence-corrected chi connectivity index (χ1v) is 4.15. The van der Waals surface area contributed by atoms with Gasteiger partial charge in [0.15, 0.2) is 6.40 Å². The van der Waals surface area contributed by atoms with Crippen molar-refractivity contribution < 1.29 is 9.47 Å². The molecule has 70 valence electrons. The zero-order valence-corrected chi connectivity index (χ0v) is 7.86. The number of para-hydroxylation sites is 2. The lowest BCUT2D eigenvalue weighted by molar-refractivity contribution is 0.343. The van der Waals surface area contributed by atoms with E-state index >= 15 is 0 Å². The molecule has 0 N–H and O–H groups in total. The van der Waals surface area contributed by atoms with Crippen molar-refractivity contribution in [3.63, 3.8) is 0 Å². The van der Waals surface area contributed by atoms with Gasteiger partial charge in [0.2, 0.25) is 0 Å². The Morgan fingerprint density at radius 2 is 2.15 bits per heavy atom. The molecule has 13 heavy (non-hydrogen) atoms. The molecule has 0 aromatic heterocycles. The summed E-state index contributed by atoms with van der Waals surface area (Å²) in [5.74, 6) is 0.749. The normalized spacial score (nSPS) is 10.3. The van der Waals surface area contributed by atoms with E-state index in [1.54, 1.807) is 7.11 Å². The molecule has 3 heteroatoms. The number of nitrogens with zero attached hydrogens (tertiary/aromatic N) is 1. The molecule has 0 bridgehead atoms. The first kappa shape index (κ1) is 9.58. The van der Waals surface area contributed by atoms with Gasteiger partial charge in [0.05, 0.1) is 13.7 Å². The number of aliphatic imine (C=N–C) groups is 1. The highest BCUT2D eigenvalue weighted by atomic mass is 16.5. The van der Waals surface area contributed by atoms with Gasteiger partial charge in [-0.3, -0.25) is 0 Å². The van der Waals surface area contributed by atoms with Crippen LogP contribution in [0.1, 0.15) is 6.92 Å². The molecule has 0 radical (unpaired) electrons. The standard InChI is InChI=1S/C10H13NO2/c1-3-13-8-11-9-6-4-5-7-10(9)12-2/h4-8H,3H2,1-2H3. The largest absolute Gasteiger partial charge is 0.494 e. The highest BCUT2D eigenvalue weighted by Crippen LogP contribution is 2.25. The van der Waals surface area contributed by atoms with Crippen molar-refractivity contribution in [1.29, 1.82) is 0 Å². The van der Waals surface area contributed by atoms with Crippen LogP contribution in [0.3, 0.4) is 0 Å². The monoisotopic (exact) mass is 179 g/mol. The average molecular weight is 179 g/mol. The molecule has 0 heterocycles. The Labute approximate surface area is 78.0 Å². The number of methoxy groups -OCH3 is 1. The van der Waals surface area contributed by atoms with Crippen LogP contribution in [-0.4, -0.2) is 20.1 Å². The Balaban J connectivity index is 2.74.